The van der Waals surface area contributed by atoms with Gasteiger partial charge in [-0.25, -0.2) is 9.59 Å². The highest BCUT2D eigenvalue weighted by Gasteiger charge is 2.24. The van der Waals surface area contributed by atoms with Crippen molar-refractivity contribution in [2.75, 3.05) is 19.6 Å². The van der Waals surface area contributed by atoms with E-state index in [0.717, 1.165) is 37.0 Å². The van der Waals surface area contributed by atoms with Crippen molar-refractivity contribution in [3.63, 3.8) is 0 Å². The molecule has 3 aromatic carbocycles. The average molecular weight is 544 g/mol. The summed E-state index contributed by atoms with van der Waals surface area (Å²) in [6, 6.07) is 28.6. The Morgan fingerprint density at radius 3 is 2.10 bits per heavy atom. The first kappa shape index (κ1) is 27.1. The quantitative estimate of drug-likeness (QED) is 0.252. The lowest BCUT2D eigenvalue weighted by Gasteiger charge is -2.35. The van der Waals surface area contributed by atoms with Gasteiger partial charge in [0.05, 0.1) is 6.20 Å². The number of hydrogen-bond acceptors (Lipinski definition) is 6. The first-order chi connectivity index (χ1) is 19.5. The van der Waals surface area contributed by atoms with Gasteiger partial charge >= 0.3 is 11.8 Å². The smallest absolute Gasteiger partial charge is 0.412 e. The maximum Gasteiger partial charge on any atom is 0.515 e. The zero-order chi connectivity index (χ0) is 27.9. The van der Waals surface area contributed by atoms with Crippen molar-refractivity contribution in [2.24, 2.45) is 0 Å². The molecular formula is C31H30FN3O5. The van der Waals surface area contributed by atoms with Gasteiger partial charge in [0.25, 0.3) is 5.56 Å². The van der Waals surface area contributed by atoms with Crippen LogP contribution in [-0.4, -0.2) is 40.2 Å². The molecule has 1 saturated heterocycles. The second kappa shape index (κ2) is 12.6. The Labute approximate surface area is 230 Å². The normalized spacial score (nSPS) is 14.2. The van der Waals surface area contributed by atoms with Gasteiger partial charge in [0, 0.05) is 12.5 Å². The topological polar surface area (TPSA) is 93.6 Å². The van der Waals surface area contributed by atoms with Crippen LogP contribution < -0.4 is 16.0 Å². The fraction of sp³-hybridized carbons (Fsp3) is 0.258. The lowest BCUT2D eigenvalue weighted by Crippen LogP contribution is -2.36. The molecule has 9 heteroatoms. The minimum Gasteiger partial charge on any atom is -0.412 e. The number of ether oxygens (including phenoxy) is 2. The van der Waals surface area contributed by atoms with Crippen LogP contribution in [0.1, 0.15) is 41.4 Å². The van der Waals surface area contributed by atoms with Gasteiger partial charge in [0.15, 0.2) is 6.73 Å². The summed E-state index contributed by atoms with van der Waals surface area (Å²) in [6.45, 7) is 2.36. The molecule has 0 atom stereocenters. The van der Waals surface area contributed by atoms with Crippen molar-refractivity contribution in [1.82, 2.24) is 14.5 Å². The number of hydrogen-bond donors (Lipinski definition) is 1. The number of halogens is 1. The summed E-state index contributed by atoms with van der Waals surface area (Å²) in [6.07, 6.45) is 1.68. The fourth-order valence-corrected chi connectivity index (χ4v) is 5.12. The van der Waals surface area contributed by atoms with Crippen molar-refractivity contribution in [3.8, 4) is 5.75 Å². The largest absolute Gasteiger partial charge is 0.515 e. The van der Waals surface area contributed by atoms with Crippen molar-refractivity contribution in [2.45, 2.75) is 31.4 Å². The lowest BCUT2D eigenvalue weighted by molar-refractivity contribution is 0.0694. The Kier molecular flexibility index (Phi) is 8.51. The molecule has 0 radical (unpaired) electrons. The number of rotatable bonds is 8. The van der Waals surface area contributed by atoms with Gasteiger partial charge in [-0.05, 0) is 60.7 Å². The summed E-state index contributed by atoms with van der Waals surface area (Å²) >= 11 is 0. The van der Waals surface area contributed by atoms with E-state index >= 15 is 0 Å². The van der Waals surface area contributed by atoms with Crippen molar-refractivity contribution >= 4 is 6.16 Å². The Bertz CT molecular complexity index is 1490. The molecule has 206 valence electrons. The third kappa shape index (κ3) is 6.73. The molecule has 5 rings (SSSR count). The standard InChI is InChI=1S/C31H30FN3O5/c32-28-20-35(30(37)33-29(28)36)21-39-31(38)40-26-13-11-22(12-14-26)23-15-17-34(18-16-23)19-27(24-7-3-1-4-8-24)25-9-5-2-6-10-25/h1-14,20,23,27H,15-19,21H2,(H,33,36,37). The van der Waals surface area contributed by atoms with Gasteiger partial charge in [0.2, 0.25) is 5.82 Å². The molecule has 1 aliphatic rings. The van der Waals surface area contributed by atoms with E-state index in [1.165, 1.54) is 16.7 Å². The molecule has 1 fully saturated rings. The third-order valence-corrected chi connectivity index (χ3v) is 7.27. The van der Waals surface area contributed by atoms with Crippen LogP contribution in [0.2, 0.25) is 0 Å². The minimum absolute atomic E-state index is 0.291. The maximum absolute atomic E-state index is 13.4. The number of carbonyl (C=O) groups is 1. The molecule has 0 saturated carbocycles. The van der Waals surface area contributed by atoms with Crippen molar-refractivity contribution < 1.29 is 18.7 Å². The SMILES string of the molecule is O=C(OCn1cc(F)c(=O)[nH]c1=O)Oc1ccc(C2CCN(CC(c3ccccc3)c3ccccc3)CC2)cc1. The number of carbonyl (C=O) groups excluding carboxylic acids is 1. The average Bonchev–Trinajstić information content (AvgIpc) is 2.99. The molecular weight excluding hydrogens is 513 g/mol. The van der Waals surface area contributed by atoms with Crippen molar-refractivity contribution in [1.29, 1.82) is 0 Å². The number of aromatic nitrogens is 2. The Balaban J connectivity index is 1.13. The Morgan fingerprint density at radius 2 is 1.50 bits per heavy atom. The zero-order valence-electron chi connectivity index (χ0n) is 21.9. The molecule has 2 heterocycles. The predicted octanol–water partition coefficient (Wildman–Crippen LogP) is 4.86. The molecule has 1 aliphatic heterocycles. The summed E-state index contributed by atoms with van der Waals surface area (Å²) in [5.41, 5.74) is 1.78. The number of likely N-dealkylation sites (tertiary alicyclic amines) is 1. The first-order valence-corrected chi connectivity index (χ1v) is 13.2. The molecule has 40 heavy (non-hydrogen) atoms. The molecule has 4 aromatic rings. The number of benzene rings is 3. The predicted molar refractivity (Wildman–Crippen MR) is 148 cm³/mol. The number of nitrogens with one attached hydrogen (secondary N) is 1. The van der Waals surface area contributed by atoms with E-state index in [-0.39, 0.29) is 0 Å². The summed E-state index contributed by atoms with van der Waals surface area (Å²) in [4.78, 5) is 39.1. The van der Waals surface area contributed by atoms with E-state index in [1.807, 2.05) is 12.1 Å². The second-order valence-corrected chi connectivity index (χ2v) is 9.85. The highest BCUT2D eigenvalue weighted by atomic mass is 19.1. The first-order valence-electron chi connectivity index (χ1n) is 13.2. The Hall–Kier alpha value is -4.50. The van der Waals surface area contributed by atoms with E-state index in [1.54, 1.807) is 17.1 Å². The van der Waals surface area contributed by atoms with Gasteiger partial charge in [-0.3, -0.25) is 14.3 Å². The molecule has 1 N–H and O–H groups in total. The monoisotopic (exact) mass is 543 g/mol. The van der Waals surface area contributed by atoms with Crippen LogP contribution in [0.25, 0.3) is 0 Å². The van der Waals surface area contributed by atoms with Gasteiger partial charge < -0.3 is 14.4 Å². The van der Waals surface area contributed by atoms with Crippen LogP contribution in [0.5, 0.6) is 5.75 Å². The fourth-order valence-electron chi connectivity index (χ4n) is 5.12. The number of nitrogens with zero attached hydrogens (tertiary/aromatic N) is 2. The van der Waals surface area contributed by atoms with Crippen LogP contribution >= 0.6 is 0 Å². The van der Waals surface area contributed by atoms with Crippen LogP contribution in [0.4, 0.5) is 9.18 Å². The number of aromatic amines is 1. The van der Waals surface area contributed by atoms with Gasteiger partial charge in [0.1, 0.15) is 5.75 Å². The van der Waals surface area contributed by atoms with Gasteiger partial charge in [-0.1, -0.05) is 72.8 Å². The number of H-pyrrole nitrogens is 1. The Morgan fingerprint density at radius 1 is 0.900 bits per heavy atom. The van der Waals surface area contributed by atoms with E-state index in [2.05, 4.69) is 65.6 Å². The van der Waals surface area contributed by atoms with E-state index < -0.39 is 30.0 Å². The molecule has 8 nitrogen and oxygen atoms in total. The van der Waals surface area contributed by atoms with Crippen LogP contribution in [0.3, 0.4) is 0 Å². The molecule has 0 aliphatic carbocycles. The van der Waals surface area contributed by atoms with Crippen LogP contribution in [-0.2, 0) is 11.5 Å². The summed E-state index contributed by atoms with van der Waals surface area (Å²) in [5, 5.41) is 0. The van der Waals surface area contributed by atoms with E-state index in [0.29, 0.717) is 23.8 Å². The molecule has 0 bridgehead atoms. The highest BCUT2D eigenvalue weighted by molar-refractivity contribution is 5.63. The number of piperidine rings is 1. The third-order valence-electron chi connectivity index (χ3n) is 7.27. The molecule has 0 spiro atoms. The highest BCUT2D eigenvalue weighted by Crippen LogP contribution is 2.32. The molecule has 0 unspecified atom stereocenters. The van der Waals surface area contributed by atoms with E-state index in [9.17, 15) is 18.8 Å². The van der Waals surface area contributed by atoms with Gasteiger partial charge in [-0.15, -0.1) is 0 Å². The van der Waals surface area contributed by atoms with E-state index in [4.69, 9.17) is 9.47 Å². The van der Waals surface area contributed by atoms with Crippen LogP contribution in [0, 0.1) is 5.82 Å². The zero-order valence-corrected chi connectivity index (χ0v) is 21.9. The summed E-state index contributed by atoms with van der Waals surface area (Å²) in [7, 11) is 0. The van der Waals surface area contributed by atoms with Crippen LogP contribution in [0.15, 0.2) is 101 Å². The lowest BCUT2D eigenvalue weighted by atomic mass is 9.87. The molecule has 1 aromatic heterocycles. The molecule has 0 amide bonds. The minimum atomic E-state index is -1.16. The summed E-state index contributed by atoms with van der Waals surface area (Å²) in [5.74, 6) is -0.145. The van der Waals surface area contributed by atoms with Gasteiger partial charge in [-0.2, -0.15) is 4.39 Å². The maximum atomic E-state index is 13.4. The summed E-state index contributed by atoms with van der Waals surface area (Å²) < 4.78 is 24.1. The van der Waals surface area contributed by atoms with Crippen molar-refractivity contribution in [3.05, 3.63) is 134 Å². The second-order valence-electron chi connectivity index (χ2n) is 9.85.